The Kier molecular flexibility index (Phi) is 7.05. The van der Waals surface area contributed by atoms with E-state index in [0.29, 0.717) is 17.2 Å². The summed E-state index contributed by atoms with van der Waals surface area (Å²) in [5.74, 6) is 0.357. The molecule has 0 saturated heterocycles. The molecule has 2 N–H and O–H groups in total. The quantitative estimate of drug-likeness (QED) is 0.789. The first-order chi connectivity index (χ1) is 9.76. The molecule has 0 aliphatic rings. The van der Waals surface area contributed by atoms with Crippen molar-refractivity contribution in [2.75, 3.05) is 12.3 Å². The van der Waals surface area contributed by atoms with Gasteiger partial charge in [0.1, 0.15) is 0 Å². The van der Waals surface area contributed by atoms with Crippen LogP contribution in [-0.4, -0.2) is 29.7 Å². The predicted molar refractivity (Wildman–Crippen MR) is 87.7 cm³/mol. The van der Waals surface area contributed by atoms with Crippen LogP contribution in [0.4, 0.5) is 0 Å². The van der Waals surface area contributed by atoms with Crippen LogP contribution in [0, 0.1) is 0 Å². The van der Waals surface area contributed by atoms with E-state index in [1.165, 1.54) is 0 Å². The molecule has 1 rings (SSSR count). The Morgan fingerprint density at radius 3 is 2.33 bits per heavy atom. The minimum Gasteiger partial charge on any atom is -0.350 e. The van der Waals surface area contributed by atoms with Crippen LogP contribution in [0.5, 0.6) is 0 Å². The highest BCUT2D eigenvalue weighted by molar-refractivity contribution is 7.99. The van der Waals surface area contributed by atoms with E-state index in [1.807, 2.05) is 45.0 Å². The molecule has 0 atom stereocenters. The number of hydrogen-bond acceptors (Lipinski definition) is 3. The third kappa shape index (κ3) is 8.63. The molecule has 0 aliphatic heterocycles. The molecular formula is C15H21ClN2O2S. The van der Waals surface area contributed by atoms with Crippen LogP contribution in [-0.2, 0) is 9.59 Å². The van der Waals surface area contributed by atoms with Crippen LogP contribution in [0.3, 0.4) is 0 Å². The Labute approximate surface area is 135 Å². The molecule has 1 aromatic carbocycles. The van der Waals surface area contributed by atoms with E-state index >= 15 is 0 Å². The molecule has 0 aromatic heterocycles. The highest BCUT2D eigenvalue weighted by atomic mass is 35.5. The van der Waals surface area contributed by atoms with Gasteiger partial charge >= 0.3 is 0 Å². The van der Waals surface area contributed by atoms with Crippen LogP contribution in [0.1, 0.15) is 27.2 Å². The summed E-state index contributed by atoms with van der Waals surface area (Å²) in [5.41, 5.74) is -0.285. The third-order valence-electron chi connectivity index (χ3n) is 2.37. The zero-order valence-corrected chi connectivity index (χ0v) is 14.1. The molecule has 1 aromatic rings. The molecule has 0 unspecified atom stereocenters. The molecule has 0 spiro atoms. The molecule has 6 heteroatoms. The Bertz CT molecular complexity index is 483. The summed E-state index contributed by atoms with van der Waals surface area (Å²) >= 11 is 7.38. The van der Waals surface area contributed by atoms with Crippen molar-refractivity contribution in [1.29, 1.82) is 0 Å². The van der Waals surface area contributed by atoms with Gasteiger partial charge in [-0.25, -0.2) is 0 Å². The van der Waals surface area contributed by atoms with E-state index in [2.05, 4.69) is 10.6 Å². The first-order valence-electron chi connectivity index (χ1n) is 6.72. The summed E-state index contributed by atoms with van der Waals surface area (Å²) in [6, 6.07) is 7.48. The number of nitrogens with one attached hydrogen (secondary N) is 2. The lowest BCUT2D eigenvalue weighted by atomic mass is 10.1. The van der Waals surface area contributed by atoms with Gasteiger partial charge in [0.25, 0.3) is 0 Å². The number of benzene rings is 1. The van der Waals surface area contributed by atoms with E-state index in [-0.39, 0.29) is 23.9 Å². The number of thioether (sulfide) groups is 1. The van der Waals surface area contributed by atoms with Crippen molar-refractivity contribution in [1.82, 2.24) is 10.6 Å². The second-order valence-electron chi connectivity index (χ2n) is 5.63. The summed E-state index contributed by atoms with van der Waals surface area (Å²) in [6.07, 6.45) is 0.371. The van der Waals surface area contributed by atoms with Crippen molar-refractivity contribution in [2.24, 2.45) is 0 Å². The molecule has 21 heavy (non-hydrogen) atoms. The van der Waals surface area contributed by atoms with Gasteiger partial charge in [0, 0.05) is 27.6 Å². The maximum absolute atomic E-state index is 11.6. The van der Waals surface area contributed by atoms with Gasteiger partial charge in [-0.05, 0) is 45.0 Å². The van der Waals surface area contributed by atoms with Crippen molar-refractivity contribution in [3.8, 4) is 0 Å². The highest BCUT2D eigenvalue weighted by Crippen LogP contribution is 2.20. The Balaban J connectivity index is 2.19. The van der Waals surface area contributed by atoms with Crippen molar-refractivity contribution in [3.63, 3.8) is 0 Å². The third-order valence-corrected chi connectivity index (χ3v) is 3.64. The summed E-state index contributed by atoms with van der Waals surface area (Å²) in [6.45, 7) is 5.71. The van der Waals surface area contributed by atoms with Gasteiger partial charge in [-0.3, -0.25) is 9.59 Å². The van der Waals surface area contributed by atoms with Gasteiger partial charge in [-0.1, -0.05) is 11.6 Å². The van der Waals surface area contributed by atoms with Gasteiger partial charge in [-0.15, -0.1) is 11.8 Å². The SMILES string of the molecule is CC(C)(C)NC(=O)CNC(=O)CCSc1ccc(Cl)cc1. The number of carbonyl (C=O) groups is 2. The van der Waals surface area contributed by atoms with Crippen molar-refractivity contribution in [2.45, 2.75) is 37.6 Å². The van der Waals surface area contributed by atoms with Crippen molar-refractivity contribution in [3.05, 3.63) is 29.3 Å². The van der Waals surface area contributed by atoms with Crippen LogP contribution in [0.2, 0.25) is 5.02 Å². The van der Waals surface area contributed by atoms with Crippen LogP contribution in [0.25, 0.3) is 0 Å². The predicted octanol–water partition coefficient (Wildman–Crippen LogP) is 2.85. The number of rotatable bonds is 6. The lowest BCUT2D eigenvalue weighted by Gasteiger charge is -2.20. The molecule has 0 bridgehead atoms. The second kappa shape index (κ2) is 8.29. The number of halogens is 1. The van der Waals surface area contributed by atoms with E-state index in [4.69, 9.17) is 11.6 Å². The summed E-state index contributed by atoms with van der Waals surface area (Å²) in [7, 11) is 0. The zero-order chi connectivity index (χ0) is 15.9. The molecule has 0 fully saturated rings. The molecule has 0 saturated carbocycles. The first-order valence-corrected chi connectivity index (χ1v) is 8.09. The van der Waals surface area contributed by atoms with E-state index in [0.717, 1.165) is 4.90 Å². The monoisotopic (exact) mass is 328 g/mol. The Hall–Kier alpha value is -1.20. The Morgan fingerprint density at radius 2 is 1.76 bits per heavy atom. The molecule has 2 amide bonds. The second-order valence-corrected chi connectivity index (χ2v) is 7.23. The fourth-order valence-corrected chi connectivity index (χ4v) is 2.50. The average molecular weight is 329 g/mol. The molecule has 116 valence electrons. The smallest absolute Gasteiger partial charge is 0.239 e. The topological polar surface area (TPSA) is 58.2 Å². The van der Waals surface area contributed by atoms with Gasteiger partial charge in [0.15, 0.2) is 0 Å². The molecule has 0 aliphatic carbocycles. The number of amides is 2. The lowest BCUT2D eigenvalue weighted by Crippen LogP contribution is -2.45. The largest absolute Gasteiger partial charge is 0.350 e. The first kappa shape index (κ1) is 17.9. The van der Waals surface area contributed by atoms with Crippen LogP contribution in [0.15, 0.2) is 29.2 Å². The van der Waals surface area contributed by atoms with Gasteiger partial charge in [0.2, 0.25) is 11.8 Å². The summed E-state index contributed by atoms with van der Waals surface area (Å²) < 4.78 is 0. The summed E-state index contributed by atoms with van der Waals surface area (Å²) in [5, 5.41) is 6.10. The van der Waals surface area contributed by atoms with Gasteiger partial charge < -0.3 is 10.6 Å². The number of hydrogen-bond donors (Lipinski definition) is 2. The molecular weight excluding hydrogens is 308 g/mol. The maximum Gasteiger partial charge on any atom is 0.239 e. The normalized spacial score (nSPS) is 11.0. The van der Waals surface area contributed by atoms with Gasteiger partial charge in [0.05, 0.1) is 6.54 Å². The minimum absolute atomic E-state index is 0.0156. The van der Waals surface area contributed by atoms with Gasteiger partial charge in [-0.2, -0.15) is 0 Å². The van der Waals surface area contributed by atoms with E-state index < -0.39 is 0 Å². The van der Waals surface area contributed by atoms with Crippen LogP contribution >= 0.6 is 23.4 Å². The average Bonchev–Trinajstić information content (AvgIpc) is 2.37. The molecule has 0 radical (unpaired) electrons. The maximum atomic E-state index is 11.6. The highest BCUT2D eigenvalue weighted by Gasteiger charge is 2.14. The van der Waals surface area contributed by atoms with E-state index in [1.54, 1.807) is 11.8 Å². The van der Waals surface area contributed by atoms with Crippen molar-refractivity contribution < 1.29 is 9.59 Å². The fraction of sp³-hybridized carbons (Fsp3) is 0.467. The lowest BCUT2D eigenvalue weighted by molar-refractivity contribution is -0.126. The molecule has 0 heterocycles. The zero-order valence-electron chi connectivity index (χ0n) is 12.5. The van der Waals surface area contributed by atoms with E-state index in [9.17, 15) is 9.59 Å². The Morgan fingerprint density at radius 1 is 1.14 bits per heavy atom. The fourth-order valence-electron chi connectivity index (χ4n) is 1.52. The summed E-state index contributed by atoms with van der Waals surface area (Å²) in [4.78, 5) is 24.2. The number of carbonyl (C=O) groups excluding carboxylic acids is 2. The minimum atomic E-state index is -0.285. The standard InChI is InChI=1S/C15H21ClN2O2S/c1-15(2,3)18-14(20)10-17-13(19)8-9-21-12-6-4-11(16)5-7-12/h4-7H,8-10H2,1-3H3,(H,17,19)(H,18,20). The van der Waals surface area contributed by atoms with Crippen molar-refractivity contribution >= 4 is 35.2 Å². The van der Waals surface area contributed by atoms with Crippen LogP contribution < -0.4 is 10.6 Å². The molecule has 4 nitrogen and oxygen atoms in total.